The summed E-state index contributed by atoms with van der Waals surface area (Å²) >= 11 is 0. The van der Waals surface area contributed by atoms with Crippen LogP contribution in [0.25, 0.3) is 0 Å². The molecule has 0 bridgehead atoms. The average molecular weight is 288 g/mol. The Morgan fingerprint density at radius 1 is 1.33 bits per heavy atom. The molecule has 3 nitrogen and oxygen atoms in total. The maximum atomic E-state index is 12.3. The van der Waals surface area contributed by atoms with E-state index < -0.39 is 0 Å². The van der Waals surface area contributed by atoms with Crippen LogP contribution in [0.4, 0.5) is 0 Å². The number of amides is 1. The van der Waals surface area contributed by atoms with Gasteiger partial charge in [0.2, 0.25) is 5.91 Å². The molecule has 1 saturated heterocycles. The lowest BCUT2D eigenvalue weighted by Gasteiger charge is -2.32. The summed E-state index contributed by atoms with van der Waals surface area (Å²) < 4.78 is 0. The van der Waals surface area contributed by atoms with Crippen LogP contribution >= 0.6 is 0 Å². The molecule has 1 heterocycles. The van der Waals surface area contributed by atoms with Crippen LogP contribution in [0.3, 0.4) is 0 Å². The Balaban J connectivity index is 1.72. The summed E-state index contributed by atoms with van der Waals surface area (Å²) in [5, 5.41) is 3.23. The molecule has 21 heavy (non-hydrogen) atoms. The van der Waals surface area contributed by atoms with E-state index >= 15 is 0 Å². The summed E-state index contributed by atoms with van der Waals surface area (Å²) in [5.41, 5.74) is 2.62. The molecular weight excluding hydrogens is 260 g/mol. The van der Waals surface area contributed by atoms with E-state index in [2.05, 4.69) is 41.4 Å². The number of piperidine rings is 1. The normalized spacial score (nSPS) is 18.8. The Morgan fingerprint density at radius 2 is 2.10 bits per heavy atom. The fourth-order valence-corrected chi connectivity index (χ4v) is 3.10. The van der Waals surface area contributed by atoms with Gasteiger partial charge in [0.05, 0.1) is 0 Å². The molecule has 0 saturated carbocycles. The highest BCUT2D eigenvalue weighted by atomic mass is 16.2. The van der Waals surface area contributed by atoms with Gasteiger partial charge in [-0.15, -0.1) is 0 Å². The van der Waals surface area contributed by atoms with Crippen molar-refractivity contribution >= 4 is 5.91 Å². The second kappa shape index (κ2) is 8.18. The molecule has 2 rings (SSSR count). The molecule has 0 spiro atoms. The third kappa shape index (κ3) is 5.16. The molecule has 1 aromatic rings. The third-order valence-corrected chi connectivity index (χ3v) is 4.34. The Hall–Kier alpha value is -1.35. The number of likely N-dealkylation sites (tertiary alicyclic amines) is 1. The second-order valence-corrected chi connectivity index (χ2v) is 6.24. The predicted octanol–water partition coefficient (Wildman–Crippen LogP) is 2.78. The van der Waals surface area contributed by atoms with E-state index in [4.69, 9.17) is 0 Å². The number of rotatable bonds is 6. The number of aryl methyl sites for hydroxylation is 2. The topological polar surface area (TPSA) is 32.3 Å². The van der Waals surface area contributed by atoms with Crippen LogP contribution < -0.4 is 5.32 Å². The van der Waals surface area contributed by atoms with Crippen LogP contribution in [0.1, 0.15) is 36.8 Å². The first-order valence-electron chi connectivity index (χ1n) is 8.17. The molecule has 3 heteroatoms. The average Bonchev–Trinajstić information content (AvgIpc) is 2.50. The molecule has 1 fully saturated rings. The van der Waals surface area contributed by atoms with Gasteiger partial charge in [-0.2, -0.15) is 0 Å². The van der Waals surface area contributed by atoms with Gasteiger partial charge in [-0.05, 0) is 57.7 Å². The standard InChI is InChI=1S/C18H28N2O/c1-15-8-10-16(11-9-15)5-3-7-18(21)20-12-4-6-17(14-20)13-19-2/h8-11,17,19H,3-7,12-14H2,1-2H3. The molecule has 1 unspecified atom stereocenters. The van der Waals surface area contributed by atoms with Gasteiger partial charge in [0, 0.05) is 19.5 Å². The first kappa shape index (κ1) is 16.0. The highest BCUT2D eigenvalue weighted by molar-refractivity contribution is 5.76. The molecule has 1 aliphatic heterocycles. The van der Waals surface area contributed by atoms with Crippen molar-refractivity contribution in [1.29, 1.82) is 0 Å². The lowest BCUT2D eigenvalue weighted by atomic mass is 9.97. The summed E-state index contributed by atoms with van der Waals surface area (Å²) in [6.45, 7) is 5.01. The van der Waals surface area contributed by atoms with Gasteiger partial charge in [0.25, 0.3) is 0 Å². The number of nitrogens with one attached hydrogen (secondary N) is 1. The van der Waals surface area contributed by atoms with E-state index in [-0.39, 0.29) is 0 Å². The minimum Gasteiger partial charge on any atom is -0.342 e. The smallest absolute Gasteiger partial charge is 0.222 e. The summed E-state index contributed by atoms with van der Waals surface area (Å²) in [4.78, 5) is 14.4. The van der Waals surface area contributed by atoms with Crippen molar-refractivity contribution in [2.75, 3.05) is 26.7 Å². The Morgan fingerprint density at radius 3 is 2.81 bits per heavy atom. The first-order chi connectivity index (χ1) is 10.2. The van der Waals surface area contributed by atoms with Crippen molar-refractivity contribution in [2.24, 2.45) is 5.92 Å². The van der Waals surface area contributed by atoms with Gasteiger partial charge in [0.1, 0.15) is 0 Å². The zero-order valence-corrected chi connectivity index (χ0v) is 13.4. The molecule has 116 valence electrons. The Bertz CT molecular complexity index is 439. The first-order valence-corrected chi connectivity index (χ1v) is 8.17. The maximum Gasteiger partial charge on any atom is 0.222 e. The minimum atomic E-state index is 0.336. The summed E-state index contributed by atoms with van der Waals surface area (Å²) in [7, 11) is 1.99. The maximum absolute atomic E-state index is 12.3. The van der Waals surface area contributed by atoms with Crippen LogP contribution in [0.15, 0.2) is 24.3 Å². The van der Waals surface area contributed by atoms with Gasteiger partial charge in [-0.3, -0.25) is 4.79 Å². The lowest BCUT2D eigenvalue weighted by molar-refractivity contribution is -0.133. The highest BCUT2D eigenvalue weighted by Crippen LogP contribution is 2.17. The van der Waals surface area contributed by atoms with Crippen molar-refractivity contribution in [3.8, 4) is 0 Å². The van der Waals surface area contributed by atoms with Crippen LogP contribution in [0.5, 0.6) is 0 Å². The molecule has 1 N–H and O–H groups in total. The van der Waals surface area contributed by atoms with E-state index in [0.717, 1.165) is 38.9 Å². The van der Waals surface area contributed by atoms with E-state index in [1.54, 1.807) is 0 Å². The minimum absolute atomic E-state index is 0.336. The highest BCUT2D eigenvalue weighted by Gasteiger charge is 2.22. The molecule has 0 radical (unpaired) electrons. The molecule has 1 atom stereocenters. The number of hydrogen-bond donors (Lipinski definition) is 1. The molecule has 0 aromatic heterocycles. The largest absolute Gasteiger partial charge is 0.342 e. The van der Waals surface area contributed by atoms with Crippen molar-refractivity contribution in [2.45, 2.75) is 39.0 Å². The van der Waals surface area contributed by atoms with Crippen LogP contribution in [0.2, 0.25) is 0 Å². The Labute approximate surface area is 128 Å². The SMILES string of the molecule is CNCC1CCCN(C(=O)CCCc2ccc(C)cc2)C1. The monoisotopic (exact) mass is 288 g/mol. The predicted molar refractivity (Wildman–Crippen MR) is 87.3 cm³/mol. The van der Waals surface area contributed by atoms with Gasteiger partial charge < -0.3 is 10.2 Å². The summed E-state index contributed by atoms with van der Waals surface area (Å²) in [6, 6.07) is 8.63. The van der Waals surface area contributed by atoms with Crippen molar-refractivity contribution in [3.05, 3.63) is 35.4 Å². The second-order valence-electron chi connectivity index (χ2n) is 6.24. The van der Waals surface area contributed by atoms with Gasteiger partial charge in [0.15, 0.2) is 0 Å². The van der Waals surface area contributed by atoms with Gasteiger partial charge in [-0.25, -0.2) is 0 Å². The van der Waals surface area contributed by atoms with E-state index in [9.17, 15) is 4.79 Å². The lowest BCUT2D eigenvalue weighted by Crippen LogP contribution is -2.42. The zero-order valence-electron chi connectivity index (χ0n) is 13.4. The van der Waals surface area contributed by atoms with Gasteiger partial charge >= 0.3 is 0 Å². The van der Waals surface area contributed by atoms with Crippen molar-refractivity contribution < 1.29 is 4.79 Å². The molecule has 1 aliphatic rings. The fourth-order valence-electron chi connectivity index (χ4n) is 3.10. The summed E-state index contributed by atoms with van der Waals surface area (Å²) in [6.07, 6.45) is 5.03. The van der Waals surface area contributed by atoms with Crippen molar-refractivity contribution in [1.82, 2.24) is 10.2 Å². The van der Waals surface area contributed by atoms with E-state index in [1.807, 2.05) is 7.05 Å². The van der Waals surface area contributed by atoms with Crippen molar-refractivity contribution in [3.63, 3.8) is 0 Å². The number of hydrogen-bond acceptors (Lipinski definition) is 2. The van der Waals surface area contributed by atoms with Gasteiger partial charge in [-0.1, -0.05) is 29.8 Å². The van der Waals surface area contributed by atoms with E-state index in [1.165, 1.54) is 17.5 Å². The molecule has 1 amide bonds. The Kier molecular flexibility index (Phi) is 6.24. The van der Waals surface area contributed by atoms with Crippen LogP contribution in [0, 0.1) is 12.8 Å². The third-order valence-electron chi connectivity index (χ3n) is 4.34. The number of nitrogens with zero attached hydrogens (tertiary/aromatic N) is 1. The zero-order chi connectivity index (χ0) is 15.1. The van der Waals surface area contributed by atoms with Crippen LogP contribution in [-0.2, 0) is 11.2 Å². The summed E-state index contributed by atoms with van der Waals surface area (Å²) in [5.74, 6) is 0.965. The van der Waals surface area contributed by atoms with E-state index in [0.29, 0.717) is 18.2 Å². The molecular formula is C18H28N2O. The molecule has 1 aromatic carbocycles. The number of benzene rings is 1. The number of carbonyl (C=O) groups excluding carboxylic acids is 1. The van der Waals surface area contributed by atoms with Crippen LogP contribution in [-0.4, -0.2) is 37.5 Å². The quantitative estimate of drug-likeness (QED) is 0.873. The molecule has 0 aliphatic carbocycles. The fraction of sp³-hybridized carbons (Fsp3) is 0.611. The number of carbonyl (C=O) groups is 1.